The van der Waals surface area contributed by atoms with Crippen LogP contribution in [0.2, 0.25) is 0 Å². The molecule has 0 saturated carbocycles. The standard InChI is InChI=1S/C17H17BrN2O3S/c1-19(11-12-8-9-15(18)24-12)16(21)7-4-10-20-13-5-2-3-6-14(13)23-17(20)22/h2-3,5-6,8-9H,4,7,10-11H2,1H3. The molecule has 126 valence electrons. The van der Waals surface area contributed by atoms with Crippen LogP contribution in [0.3, 0.4) is 0 Å². The molecule has 0 saturated heterocycles. The Bertz CT molecular complexity index is 912. The number of aromatic nitrogens is 1. The summed E-state index contributed by atoms with van der Waals surface area (Å²) in [6, 6.07) is 11.3. The predicted molar refractivity (Wildman–Crippen MR) is 98.2 cm³/mol. The summed E-state index contributed by atoms with van der Waals surface area (Å²) >= 11 is 5.05. The maximum Gasteiger partial charge on any atom is 0.419 e. The lowest BCUT2D eigenvalue weighted by molar-refractivity contribution is -0.130. The zero-order valence-corrected chi connectivity index (χ0v) is 15.6. The van der Waals surface area contributed by atoms with Crippen LogP contribution in [-0.4, -0.2) is 22.4 Å². The Labute approximate surface area is 151 Å². The highest BCUT2D eigenvalue weighted by Gasteiger charge is 2.12. The minimum Gasteiger partial charge on any atom is -0.408 e. The van der Waals surface area contributed by atoms with Crippen molar-refractivity contribution in [2.45, 2.75) is 25.9 Å². The number of aryl methyl sites for hydroxylation is 1. The number of nitrogens with zero attached hydrogens (tertiary/aromatic N) is 2. The minimum atomic E-state index is -0.375. The first-order valence-electron chi connectivity index (χ1n) is 7.61. The fourth-order valence-electron chi connectivity index (χ4n) is 2.56. The SMILES string of the molecule is CN(Cc1ccc(Br)s1)C(=O)CCCn1c(=O)oc2ccccc21. The fraction of sp³-hybridized carbons (Fsp3) is 0.294. The van der Waals surface area contributed by atoms with E-state index in [4.69, 9.17) is 4.42 Å². The molecule has 24 heavy (non-hydrogen) atoms. The second kappa shape index (κ2) is 7.36. The molecule has 0 radical (unpaired) electrons. The van der Waals surface area contributed by atoms with Crippen molar-refractivity contribution < 1.29 is 9.21 Å². The van der Waals surface area contributed by atoms with E-state index in [1.165, 1.54) is 0 Å². The van der Waals surface area contributed by atoms with E-state index in [2.05, 4.69) is 15.9 Å². The number of amides is 1. The molecule has 1 amide bonds. The molecular formula is C17H17BrN2O3S. The molecule has 0 aliphatic carbocycles. The van der Waals surface area contributed by atoms with Gasteiger partial charge in [-0.25, -0.2) is 4.79 Å². The molecule has 2 aromatic heterocycles. The number of hydrogen-bond donors (Lipinski definition) is 0. The van der Waals surface area contributed by atoms with Crippen LogP contribution >= 0.6 is 27.3 Å². The molecule has 0 unspecified atom stereocenters. The number of carbonyl (C=O) groups excluding carboxylic acids is 1. The van der Waals surface area contributed by atoms with Crippen LogP contribution in [0.5, 0.6) is 0 Å². The third kappa shape index (κ3) is 3.79. The number of carbonyl (C=O) groups is 1. The van der Waals surface area contributed by atoms with Crippen molar-refractivity contribution in [3.8, 4) is 0 Å². The van der Waals surface area contributed by atoms with Crippen molar-refractivity contribution in [2.75, 3.05) is 7.05 Å². The number of fused-ring (bicyclic) bond motifs is 1. The first-order chi connectivity index (χ1) is 11.5. The average Bonchev–Trinajstić information content (AvgIpc) is 3.10. The summed E-state index contributed by atoms with van der Waals surface area (Å²) in [5.74, 6) is -0.305. The normalized spacial score (nSPS) is 11.1. The molecule has 5 nitrogen and oxygen atoms in total. The van der Waals surface area contributed by atoms with E-state index >= 15 is 0 Å². The van der Waals surface area contributed by atoms with E-state index in [1.54, 1.807) is 33.9 Å². The van der Waals surface area contributed by atoms with E-state index in [0.29, 0.717) is 31.5 Å². The number of rotatable bonds is 6. The lowest BCUT2D eigenvalue weighted by atomic mass is 10.2. The maximum atomic E-state index is 12.2. The van der Waals surface area contributed by atoms with Gasteiger partial charge in [-0.1, -0.05) is 12.1 Å². The summed E-state index contributed by atoms with van der Waals surface area (Å²) in [5.41, 5.74) is 1.35. The zero-order chi connectivity index (χ0) is 17.1. The topological polar surface area (TPSA) is 55.5 Å². The molecule has 1 aromatic carbocycles. The van der Waals surface area contributed by atoms with E-state index in [0.717, 1.165) is 14.2 Å². The first kappa shape index (κ1) is 17.0. The van der Waals surface area contributed by atoms with Gasteiger partial charge in [0.25, 0.3) is 0 Å². The second-order valence-corrected chi connectivity index (χ2v) is 8.09. The van der Waals surface area contributed by atoms with E-state index < -0.39 is 0 Å². The minimum absolute atomic E-state index is 0.0698. The molecule has 0 bridgehead atoms. The number of halogens is 1. The molecule has 7 heteroatoms. The Hall–Kier alpha value is -1.86. The van der Waals surface area contributed by atoms with E-state index in [1.807, 2.05) is 30.3 Å². The summed E-state index contributed by atoms with van der Waals surface area (Å²) in [6.45, 7) is 1.07. The Morgan fingerprint density at radius 3 is 2.83 bits per heavy atom. The van der Waals surface area contributed by atoms with Gasteiger partial charge in [0, 0.05) is 24.9 Å². The summed E-state index contributed by atoms with van der Waals surface area (Å²) in [7, 11) is 1.80. The molecule has 0 spiro atoms. The van der Waals surface area contributed by atoms with E-state index in [-0.39, 0.29) is 11.7 Å². The molecule has 2 heterocycles. The molecular weight excluding hydrogens is 392 g/mol. The monoisotopic (exact) mass is 408 g/mol. The van der Waals surface area contributed by atoms with Gasteiger partial charge in [0.1, 0.15) is 0 Å². The predicted octanol–water partition coefficient (Wildman–Crippen LogP) is 3.86. The highest BCUT2D eigenvalue weighted by molar-refractivity contribution is 9.11. The zero-order valence-electron chi connectivity index (χ0n) is 13.2. The van der Waals surface area contributed by atoms with Crippen molar-refractivity contribution in [2.24, 2.45) is 0 Å². The van der Waals surface area contributed by atoms with Crippen molar-refractivity contribution in [3.05, 3.63) is 55.6 Å². The van der Waals surface area contributed by atoms with Crippen LogP contribution in [0.1, 0.15) is 17.7 Å². The fourth-order valence-corrected chi connectivity index (χ4v) is 4.10. The van der Waals surface area contributed by atoms with Crippen molar-refractivity contribution in [1.82, 2.24) is 9.47 Å². The Kier molecular flexibility index (Phi) is 5.20. The molecule has 0 N–H and O–H groups in total. The van der Waals surface area contributed by atoms with Gasteiger partial charge in [-0.05, 0) is 46.6 Å². The Morgan fingerprint density at radius 2 is 2.08 bits per heavy atom. The Balaban J connectivity index is 1.56. The number of hydrogen-bond acceptors (Lipinski definition) is 4. The highest BCUT2D eigenvalue weighted by atomic mass is 79.9. The van der Waals surface area contributed by atoms with Crippen molar-refractivity contribution >= 4 is 44.3 Å². The summed E-state index contributed by atoms with van der Waals surface area (Å²) in [4.78, 5) is 27.0. The second-order valence-electron chi connectivity index (χ2n) is 5.55. The van der Waals surface area contributed by atoms with Crippen molar-refractivity contribution in [1.29, 1.82) is 0 Å². The molecule has 3 rings (SSSR count). The lowest BCUT2D eigenvalue weighted by Crippen LogP contribution is -2.26. The van der Waals surface area contributed by atoms with Crippen LogP contribution in [0.15, 0.2) is 49.4 Å². The third-order valence-corrected chi connectivity index (χ3v) is 5.40. The van der Waals surface area contributed by atoms with E-state index in [9.17, 15) is 9.59 Å². The third-order valence-electron chi connectivity index (χ3n) is 3.79. The molecule has 0 aliphatic rings. The van der Waals surface area contributed by atoms with Gasteiger partial charge in [-0.2, -0.15) is 0 Å². The average molecular weight is 409 g/mol. The number of benzene rings is 1. The summed E-state index contributed by atoms with van der Waals surface area (Å²) < 4.78 is 7.84. The highest BCUT2D eigenvalue weighted by Crippen LogP contribution is 2.23. The van der Waals surface area contributed by atoms with Crippen molar-refractivity contribution in [3.63, 3.8) is 0 Å². The van der Waals surface area contributed by atoms with Gasteiger partial charge in [0.15, 0.2) is 5.58 Å². The van der Waals surface area contributed by atoms with Gasteiger partial charge >= 0.3 is 5.76 Å². The number of para-hydroxylation sites is 2. The van der Waals surface area contributed by atoms with Gasteiger partial charge < -0.3 is 9.32 Å². The smallest absolute Gasteiger partial charge is 0.408 e. The first-order valence-corrected chi connectivity index (χ1v) is 9.22. The van der Waals surface area contributed by atoms with Crippen LogP contribution < -0.4 is 5.76 Å². The Morgan fingerprint density at radius 1 is 1.29 bits per heavy atom. The van der Waals surface area contributed by atoms with Gasteiger partial charge in [-0.3, -0.25) is 9.36 Å². The number of thiophene rings is 1. The quantitative estimate of drug-likeness (QED) is 0.622. The largest absolute Gasteiger partial charge is 0.419 e. The van der Waals surface area contributed by atoms with Crippen LogP contribution in [-0.2, 0) is 17.9 Å². The van der Waals surface area contributed by atoms with Gasteiger partial charge in [0.2, 0.25) is 5.91 Å². The van der Waals surface area contributed by atoms with Gasteiger partial charge in [0.05, 0.1) is 15.8 Å². The molecule has 0 fully saturated rings. The maximum absolute atomic E-state index is 12.2. The number of oxazole rings is 1. The summed E-state index contributed by atoms with van der Waals surface area (Å²) in [6.07, 6.45) is 0.996. The molecule has 3 aromatic rings. The van der Waals surface area contributed by atoms with Gasteiger partial charge in [-0.15, -0.1) is 11.3 Å². The lowest BCUT2D eigenvalue weighted by Gasteiger charge is -2.16. The molecule has 0 aliphatic heterocycles. The summed E-state index contributed by atoms with van der Waals surface area (Å²) in [5, 5.41) is 0. The molecule has 0 atom stereocenters. The van der Waals surface area contributed by atoms with Crippen LogP contribution in [0, 0.1) is 0 Å². The van der Waals surface area contributed by atoms with Crippen LogP contribution in [0.4, 0.5) is 0 Å². The van der Waals surface area contributed by atoms with Crippen LogP contribution in [0.25, 0.3) is 11.1 Å².